The molecule has 1 N–H and O–H groups in total. The third kappa shape index (κ3) is 1.99. The normalized spacial score (nSPS) is 11.5. The van der Waals surface area contributed by atoms with Crippen molar-refractivity contribution in [3.05, 3.63) is 26.2 Å². The van der Waals surface area contributed by atoms with Crippen LogP contribution in [0.15, 0.2) is 22.0 Å². The van der Waals surface area contributed by atoms with E-state index in [0.29, 0.717) is 3.57 Å². The smallest absolute Gasteiger partial charge is 0.269 e. The quantitative estimate of drug-likeness (QED) is 0.618. The summed E-state index contributed by atoms with van der Waals surface area (Å²) in [5.74, 6) is 0. The van der Waals surface area contributed by atoms with Gasteiger partial charge in [-0.15, -0.1) is 0 Å². The first-order valence-corrected chi connectivity index (χ1v) is 6.13. The number of halogens is 2. The van der Waals surface area contributed by atoms with Crippen LogP contribution in [0, 0.1) is 3.57 Å². The molecule has 1 heterocycles. The molecule has 1 rings (SSSR count). The van der Waals surface area contributed by atoms with Crippen LogP contribution in [0.2, 0.25) is 0 Å². The van der Waals surface area contributed by atoms with E-state index in [9.17, 15) is 13.2 Å². The lowest BCUT2D eigenvalue weighted by atomic mass is 10.5. The van der Waals surface area contributed by atoms with E-state index in [1.807, 2.05) is 0 Å². The van der Waals surface area contributed by atoms with Crippen molar-refractivity contribution in [3.8, 4) is 0 Å². The van der Waals surface area contributed by atoms with Gasteiger partial charge in [-0.05, 0) is 28.7 Å². The van der Waals surface area contributed by atoms with Gasteiger partial charge in [-0.1, -0.05) is 0 Å². The molecule has 0 aliphatic rings. The highest BCUT2D eigenvalue weighted by atomic mass is 127. The standard InChI is InChI=1S/C5H3ClINO3S/c6-12(10,11)4-3(7)1-2-8-5(4)9/h1-2H,(H,8,9). The largest absolute Gasteiger partial charge is 0.328 e. The number of H-pyrrole nitrogens is 1. The van der Waals surface area contributed by atoms with E-state index < -0.39 is 19.5 Å². The molecule has 1 aromatic rings. The number of aromatic nitrogens is 1. The van der Waals surface area contributed by atoms with Crippen LogP contribution in [0.25, 0.3) is 0 Å². The highest BCUT2D eigenvalue weighted by Gasteiger charge is 2.18. The summed E-state index contributed by atoms with van der Waals surface area (Å²) in [6.45, 7) is 0. The van der Waals surface area contributed by atoms with Crippen LogP contribution < -0.4 is 5.56 Å². The summed E-state index contributed by atoms with van der Waals surface area (Å²) >= 11 is 1.73. The maximum absolute atomic E-state index is 11.0. The van der Waals surface area contributed by atoms with Crippen LogP contribution in [0.3, 0.4) is 0 Å². The van der Waals surface area contributed by atoms with Crippen LogP contribution >= 0.6 is 33.3 Å². The molecule has 0 fully saturated rings. The van der Waals surface area contributed by atoms with E-state index in [0.717, 1.165) is 0 Å². The fraction of sp³-hybridized carbons (Fsp3) is 0. The number of nitrogens with one attached hydrogen (secondary N) is 1. The molecule has 7 heteroatoms. The Balaban J connectivity index is 3.65. The van der Waals surface area contributed by atoms with Gasteiger partial charge in [-0.3, -0.25) is 4.79 Å². The second kappa shape index (κ2) is 3.35. The molecule has 12 heavy (non-hydrogen) atoms. The second-order valence-corrected chi connectivity index (χ2v) is 5.59. The Bertz CT molecular complexity index is 452. The van der Waals surface area contributed by atoms with Gasteiger partial charge in [-0.25, -0.2) is 8.42 Å². The zero-order valence-electron chi connectivity index (χ0n) is 5.54. The zero-order chi connectivity index (χ0) is 9.35. The highest BCUT2D eigenvalue weighted by molar-refractivity contribution is 14.1. The van der Waals surface area contributed by atoms with E-state index in [-0.39, 0.29) is 0 Å². The number of pyridine rings is 1. The summed E-state index contributed by atoms with van der Waals surface area (Å²) < 4.78 is 21.9. The molecule has 0 amide bonds. The summed E-state index contributed by atoms with van der Waals surface area (Å²) in [6.07, 6.45) is 1.36. The Labute approximate surface area is 86.5 Å². The maximum atomic E-state index is 11.0. The average Bonchev–Trinajstić information content (AvgIpc) is 1.82. The molecule has 66 valence electrons. The fourth-order valence-electron chi connectivity index (χ4n) is 0.667. The van der Waals surface area contributed by atoms with Crippen molar-refractivity contribution >= 4 is 42.3 Å². The molecule has 0 bridgehead atoms. The van der Waals surface area contributed by atoms with Crippen molar-refractivity contribution in [1.29, 1.82) is 0 Å². The molecule has 0 saturated heterocycles. The van der Waals surface area contributed by atoms with Crippen LogP contribution in [0.1, 0.15) is 0 Å². The number of rotatable bonds is 1. The summed E-state index contributed by atoms with van der Waals surface area (Å²) in [6, 6.07) is 1.46. The number of hydrogen-bond donors (Lipinski definition) is 1. The van der Waals surface area contributed by atoms with Gasteiger partial charge in [0.05, 0.1) is 0 Å². The number of aromatic amines is 1. The SMILES string of the molecule is O=c1[nH]ccc(I)c1S(=O)(=O)Cl. The van der Waals surface area contributed by atoms with E-state index in [4.69, 9.17) is 10.7 Å². The van der Waals surface area contributed by atoms with Crippen molar-refractivity contribution < 1.29 is 8.42 Å². The molecule has 0 spiro atoms. The van der Waals surface area contributed by atoms with Crippen molar-refractivity contribution in [2.75, 3.05) is 0 Å². The Morgan fingerprint density at radius 2 is 2.08 bits per heavy atom. The van der Waals surface area contributed by atoms with E-state index in [2.05, 4.69) is 4.98 Å². The van der Waals surface area contributed by atoms with Crippen molar-refractivity contribution in [2.45, 2.75) is 4.90 Å². The first-order chi connectivity index (χ1) is 5.43. The van der Waals surface area contributed by atoms with Gasteiger partial charge >= 0.3 is 0 Å². The van der Waals surface area contributed by atoms with Gasteiger partial charge in [0.25, 0.3) is 14.6 Å². The highest BCUT2D eigenvalue weighted by Crippen LogP contribution is 2.16. The summed E-state index contributed by atoms with van der Waals surface area (Å²) in [7, 11) is 1.07. The molecule has 4 nitrogen and oxygen atoms in total. The molecule has 0 saturated carbocycles. The fourth-order valence-corrected chi connectivity index (χ4v) is 3.39. The van der Waals surface area contributed by atoms with Crippen molar-refractivity contribution in [3.63, 3.8) is 0 Å². The second-order valence-electron chi connectivity index (χ2n) is 1.92. The van der Waals surface area contributed by atoms with E-state index >= 15 is 0 Å². The topological polar surface area (TPSA) is 67.0 Å². The first-order valence-electron chi connectivity index (χ1n) is 2.75. The van der Waals surface area contributed by atoms with Gasteiger partial charge < -0.3 is 4.98 Å². The van der Waals surface area contributed by atoms with Crippen LogP contribution in [0.4, 0.5) is 0 Å². The average molecular weight is 320 g/mol. The lowest BCUT2D eigenvalue weighted by Gasteiger charge is -1.96. The predicted octanol–water partition coefficient (Wildman–Crippen LogP) is 0.907. The minimum atomic E-state index is -3.94. The molecule has 0 aliphatic carbocycles. The Morgan fingerprint density at radius 1 is 1.50 bits per heavy atom. The van der Waals surface area contributed by atoms with Gasteiger partial charge in [0.2, 0.25) is 0 Å². The van der Waals surface area contributed by atoms with E-state index in [1.54, 1.807) is 22.6 Å². The van der Waals surface area contributed by atoms with Crippen molar-refractivity contribution in [1.82, 2.24) is 4.98 Å². The lowest BCUT2D eigenvalue weighted by molar-refractivity contribution is 0.607. The van der Waals surface area contributed by atoms with E-state index in [1.165, 1.54) is 12.3 Å². The zero-order valence-corrected chi connectivity index (χ0v) is 9.27. The lowest BCUT2D eigenvalue weighted by Crippen LogP contribution is -2.15. The van der Waals surface area contributed by atoms with Gasteiger partial charge in [0, 0.05) is 20.4 Å². The van der Waals surface area contributed by atoms with Gasteiger partial charge in [-0.2, -0.15) is 0 Å². The minimum Gasteiger partial charge on any atom is -0.328 e. The summed E-state index contributed by atoms with van der Waals surface area (Å²) in [5.41, 5.74) is -0.697. The predicted molar refractivity (Wildman–Crippen MR) is 52.8 cm³/mol. The Hall–Kier alpha value is -0.0800. The van der Waals surface area contributed by atoms with Gasteiger partial charge in [0.15, 0.2) is 4.90 Å². The molecular formula is C5H3ClINO3S. The molecule has 0 aromatic carbocycles. The summed E-state index contributed by atoms with van der Waals surface area (Å²) in [4.78, 5) is 12.8. The molecule has 0 radical (unpaired) electrons. The van der Waals surface area contributed by atoms with Crippen LogP contribution in [-0.4, -0.2) is 13.4 Å². The minimum absolute atomic E-state index is 0.311. The Morgan fingerprint density at radius 3 is 2.42 bits per heavy atom. The number of hydrogen-bond acceptors (Lipinski definition) is 3. The third-order valence-electron chi connectivity index (χ3n) is 1.11. The maximum Gasteiger partial charge on any atom is 0.269 e. The third-order valence-corrected chi connectivity index (χ3v) is 3.73. The van der Waals surface area contributed by atoms with Crippen molar-refractivity contribution in [2.24, 2.45) is 0 Å². The molecule has 0 unspecified atom stereocenters. The van der Waals surface area contributed by atoms with Gasteiger partial charge in [0.1, 0.15) is 0 Å². The summed E-state index contributed by atoms with van der Waals surface area (Å²) in [5, 5.41) is 0. The monoisotopic (exact) mass is 319 g/mol. The Kier molecular flexibility index (Phi) is 2.79. The molecule has 0 atom stereocenters. The molecule has 0 aliphatic heterocycles. The first kappa shape index (κ1) is 10.0. The molecule has 1 aromatic heterocycles. The molecular weight excluding hydrogens is 316 g/mol. The van der Waals surface area contributed by atoms with Crippen LogP contribution in [-0.2, 0) is 9.05 Å². The van der Waals surface area contributed by atoms with Crippen LogP contribution in [0.5, 0.6) is 0 Å².